The SMILES string of the molecule is CCC(Oc1ccc(C)cc1C)C(=O)Nc1ccc(CCCc2nnc3n2N=C(C)C(C)C(=O)N3)cc1. The summed E-state index contributed by atoms with van der Waals surface area (Å²) in [4.78, 5) is 25.0. The van der Waals surface area contributed by atoms with Crippen molar-refractivity contribution in [3.63, 3.8) is 0 Å². The number of carbonyl (C=O) groups is 2. The topological polar surface area (TPSA) is 110 Å². The molecule has 2 atom stereocenters. The van der Waals surface area contributed by atoms with Crippen LogP contribution in [0.5, 0.6) is 5.75 Å². The molecule has 2 N–H and O–H groups in total. The second kappa shape index (κ2) is 11.4. The molecule has 0 bridgehead atoms. The number of rotatable bonds is 9. The van der Waals surface area contributed by atoms with Gasteiger partial charge in [0.2, 0.25) is 5.91 Å². The fourth-order valence-corrected chi connectivity index (χ4v) is 4.14. The minimum absolute atomic E-state index is 0.131. The molecule has 1 aliphatic heterocycles. The van der Waals surface area contributed by atoms with Crippen LogP contribution in [0.15, 0.2) is 47.6 Å². The minimum atomic E-state index is -0.571. The van der Waals surface area contributed by atoms with E-state index in [1.54, 1.807) is 4.68 Å². The summed E-state index contributed by atoms with van der Waals surface area (Å²) >= 11 is 0. The number of ether oxygens (including phenoxy) is 1. The smallest absolute Gasteiger partial charge is 0.265 e. The van der Waals surface area contributed by atoms with Gasteiger partial charge in [-0.3, -0.25) is 14.9 Å². The van der Waals surface area contributed by atoms with Crippen molar-refractivity contribution >= 4 is 29.2 Å². The zero-order valence-electron chi connectivity index (χ0n) is 22.0. The molecule has 0 saturated carbocycles. The molecule has 2 amide bonds. The number of anilines is 2. The van der Waals surface area contributed by atoms with Gasteiger partial charge in [0, 0.05) is 17.8 Å². The zero-order chi connectivity index (χ0) is 26.5. The summed E-state index contributed by atoms with van der Waals surface area (Å²) in [6, 6.07) is 13.8. The van der Waals surface area contributed by atoms with E-state index in [4.69, 9.17) is 4.74 Å². The second-order valence-electron chi connectivity index (χ2n) is 9.53. The Bertz CT molecular complexity index is 1310. The molecule has 4 rings (SSSR count). The first-order chi connectivity index (χ1) is 17.7. The van der Waals surface area contributed by atoms with Crippen molar-refractivity contribution < 1.29 is 14.3 Å². The molecular weight excluding hydrogens is 468 g/mol. The third-order valence-electron chi connectivity index (χ3n) is 6.57. The van der Waals surface area contributed by atoms with E-state index < -0.39 is 6.10 Å². The summed E-state index contributed by atoms with van der Waals surface area (Å²) in [7, 11) is 0. The quantitative estimate of drug-likeness (QED) is 0.441. The van der Waals surface area contributed by atoms with Crippen LogP contribution in [0.2, 0.25) is 0 Å². The van der Waals surface area contributed by atoms with E-state index in [0.717, 1.165) is 46.7 Å². The Hall–Kier alpha value is -4.01. The molecular formula is C28H34N6O3. The number of hydrogen-bond donors (Lipinski definition) is 2. The maximum atomic E-state index is 12.8. The summed E-state index contributed by atoms with van der Waals surface area (Å²) < 4.78 is 7.63. The molecule has 1 aromatic heterocycles. The molecule has 0 fully saturated rings. The van der Waals surface area contributed by atoms with Gasteiger partial charge in [0.05, 0.1) is 5.92 Å². The van der Waals surface area contributed by atoms with Gasteiger partial charge in [-0.25, -0.2) is 0 Å². The van der Waals surface area contributed by atoms with Crippen LogP contribution in [0.1, 0.15) is 56.1 Å². The Morgan fingerprint density at radius 2 is 1.86 bits per heavy atom. The van der Waals surface area contributed by atoms with Crippen LogP contribution in [0.25, 0.3) is 0 Å². The molecule has 9 nitrogen and oxygen atoms in total. The average Bonchev–Trinajstić information content (AvgIpc) is 3.19. The normalized spacial score (nSPS) is 15.8. The van der Waals surface area contributed by atoms with Gasteiger partial charge in [-0.15, -0.1) is 10.2 Å². The molecule has 0 radical (unpaired) electrons. The number of aryl methyl sites for hydroxylation is 4. The number of carbonyl (C=O) groups excluding carboxylic acids is 2. The molecule has 0 spiro atoms. The number of aromatic nitrogens is 3. The molecule has 1 aliphatic rings. The maximum Gasteiger partial charge on any atom is 0.265 e. The van der Waals surface area contributed by atoms with E-state index in [9.17, 15) is 9.59 Å². The van der Waals surface area contributed by atoms with Crippen molar-refractivity contribution in [1.29, 1.82) is 0 Å². The van der Waals surface area contributed by atoms with Gasteiger partial charge in [0.15, 0.2) is 11.9 Å². The number of hydrogen-bond acceptors (Lipinski definition) is 6. The van der Waals surface area contributed by atoms with Crippen LogP contribution in [-0.4, -0.2) is 38.5 Å². The lowest BCUT2D eigenvalue weighted by Gasteiger charge is -2.19. The summed E-state index contributed by atoms with van der Waals surface area (Å²) in [6.45, 7) is 9.61. The number of amides is 2. The predicted octanol–water partition coefficient (Wildman–Crippen LogP) is 4.68. The highest BCUT2D eigenvalue weighted by atomic mass is 16.5. The molecule has 2 heterocycles. The lowest BCUT2D eigenvalue weighted by Crippen LogP contribution is -2.32. The van der Waals surface area contributed by atoms with Crippen LogP contribution in [-0.2, 0) is 22.4 Å². The van der Waals surface area contributed by atoms with Gasteiger partial charge in [-0.2, -0.15) is 9.78 Å². The van der Waals surface area contributed by atoms with Gasteiger partial charge in [0.25, 0.3) is 11.9 Å². The lowest BCUT2D eigenvalue weighted by atomic mass is 10.1. The number of nitrogens with one attached hydrogen (secondary N) is 2. The Morgan fingerprint density at radius 3 is 2.57 bits per heavy atom. The van der Waals surface area contributed by atoms with Crippen LogP contribution < -0.4 is 15.4 Å². The van der Waals surface area contributed by atoms with Gasteiger partial charge < -0.3 is 10.1 Å². The molecule has 0 aliphatic carbocycles. The van der Waals surface area contributed by atoms with Crippen molar-refractivity contribution in [3.8, 4) is 5.75 Å². The van der Waals surface area contributed by atoms with E-state index >= 15 is 0 Å². The summed E-state index contributed by atoms with van der Waals surface area (Å²) in [6.07, 6.45) is 2.33. The first-order valence-electron chi connectivity index (χ1n) is 12.7. The maximum absolute atomic E-state index is 12.8. The first-order valence-corrected chi connectivity index (χ1v) is 12.7. The minimum Gasteiger partial charge on any atom is -0.480 e. The van der Waals surface area contributed by atoms with Crippen LogP contribution >= 0.6 is 0 Å². The molecule has 2 aromatic carbocycles. The Labute approximate surface area is 217 Å². The molecule has 194 valence electrons. The Morgan fingerprint density at radius 1 is 1.11 bits per heavy atom. The van der Waals surface area contributed by atoms with Crippen molar-refractivity contribution in [2.75, 3.05) is 10.6 Å². The van der Waals surface area contributed by atoms with Crippen molar-refractivity contribution in [3.05, 3.63) is 65.0 Å². The van der Waals surface area contributed by atoms with Crippen molar-refractivity contribution in [1.82, 2.24) is 14.9 Å². The zero-order valence-corrected chi connectivity index (χ0v) is 22.0. The fraction of sp³-hybridized carbons (Fsp3) is 0.393. The van der Waals surface area contributed by atoms with Crippen LogP contribution in [0, 0.1) is 19.8 Å². The molecule has 37 heavy (non-hydrogen) atoms. The van der Waals surface area contributed by atoms with E-state index in [0.29, 0.717) is 24.6 Å². The standard InChI is InChI=1S/C28H34N6O3/c1-6-23(37-24-15-10-17(2)16-18(24)3)27(36)29-22-13-11-21(12-14-22)8-7-9-25-31-32-28-30-26(35)19(4)20(5)33-34(25)28/h10-16,19,23H,6-9H2,1-5H3,(H,29,36)(H,30,32,35). The largest absolute Gasteiger partial charge is 0.480 e. The summed E-state index contributed by atoms with van der Waals surface area (Å²) in [5.74, 6) is 1.19. The number of nitrogens with zero attached hydrogens (tertiary/aromatic N) is 4. The second-order valence-corrected chi connectivity index (χ2v) is 9.53. The Kier molecular flexibility index (Phi) is 8.01. The van der Waals surface area contributed by atoms with Crippen molar-refractivity contribution in [2.24, 2.45) is 11.0 Å². The van der Waals surface area contributed by atoms with Gasteiger partial charge in [-0.1, -0.05) is 36.8 Å². The highest BCUT2D eigenvalue weighted by molar-refractivity contribution is 6.08. The van der Waals surface area contributed by atoms with Gasteiger partial charge in [-0.05, 0) is 76.3 Å². The molecule has 3 aromatic rings. The van der Waals surface area contributed by atoms with Crippen LogP contribution in [0.3, 0.4) is 0 Å². The number of fused-ring (bicyclic) bond motifs is 1. The average molecular weight is 503 g/mol. The monoisotopic (exact) mass is 502 g/mol. The van der Waals surface area contributed by atoms with E-state index in [1.807, 2.05) is 77.1 Å². The molecule has 9 heteroatoms. The first kappa shape index (κ1) is 26.1. The van der Waals surface area contributed by atoms with E-state index in [1.165, 1.54) is 0 Å². The summed E-state index contributed by atoms with van der Waals surface area (Å²) in [5, 5.41) is 18.6. The highest BCUT2D eigenvalue weighted by Crippen LogP contribution is 2.22. The molecule has 0 saturated heterocycles. The lowest BCUT2D eigenvalue weighted by molar-refractivity contribution is -0.123. The summed E-state index contributed by atoms with van der Waals surface area (Å²) in [5.41, 5.74) is 4.77. The van der Waals surface area contributed by atoms with Gasteiger partial charge >= 0.3 is 0 Å². The van der Waals surface area contributed by atoms with Crippen LogP contribution in [0.4, 0.5) is 11.6 Å². The fourth-order valence-electron chi connectivity index (χ4n) is 4.14. The van der Waals surface area contributed by atoms with Gasteiger partial charge in [0.1, 0.15) is 5.75 Å². The third kappa shape index (κ3) is 6.22. The van der Waals surface area contributed by atoms with Crippen molar-refractivity contribution in [2.45, 2.75) is 66.4 Å². The van der Waals surface area contributed by atoms with E-state index in [-0.39, 0.29) is 17.7 Å². The third-order valence-corrected chi connectivity index (χ3v) is 6.57. The molecule has 2 unspecified atom stereocenters. The number of benzene rings is 2. The highest BCUT2D eigenvalue weighted by Gasteiger charge is 2.24. The predicted molar refractivity (Wildman–Crippen MR) is 144 cm³/mol. The Balaban J connectivity index is 1.31. The van der Waals surface area contributed by atoms with E-state index in [2.05, 4.69) is 25.9 Å².